The van der Waals surface area contributed by atoms with Crippen LogP contribution in [0.5, 0.6) is 5.88 Å². The van der Waals surface area contributed by atoms with Crippen LogP contribution in [-0.2, 0) is 13.6 Å². The Hall–Kier alpha value is -3.35. The molecule has 0 spiro atoms. The van der Waals surface area contributed by atoms with Crippen molar-refractivity contribution in [1.29, 1.82) is 0 Å². The number of H-pyrrole nitrogens is 1. The minimum atomic E-state index is 0.653. The predicted octanol–water partition coefficient (Wildman–Crippen LogP) is 3.50. The van der Waals surface area contributed by atoms with Crippen LogP contribution in [0.4, 0.5) is 0 Å². The molecular formula is C20H20N6O. The monoisotopic (exact) mass is 360 g/mol. The number of aromatic amines is 1. The van der Waals surface area contributed by atoms with E-state index in [2.05, 4.69) is 32.5 Å². The number of rotatable bonds is 0. The topological polar surface area (TPSA) is 73.6 Å². The van der Waals surface area contributed by atoms with E-state index in [1.54, 1.807) is 4.68 Å². The minimum Gasteiger partial charge on any atom is -0.477 e. The maximum Gasteiger partial charge on any atom is 0.219 e. The number of aromatic nitrogens is 6. The van der Waals surface area contributed by atoms with Gasteiger partial charge in [-0.1, -0.05) is 6.07 Å². The Bertz CT molecular complexity index is 1130. The summed E-state index contributed by atoms with van der Waals surface area (Å²) in [4.78, 5) is 0. The second kappa shape index (κ2) is 6.42. The van der Waals surface area contributed by atoms with Crippen LogP contribution < -0.4 is 4.74 Å². The molecule has 4 heterocycles. The lowest BCUT2D eigenvalue weighted by atomic mass is 10.1. The number of ether oxygens (including phenoxy) is 1. The summed E-state index contributed by atoms with van der Waals surface area (Å²) in [6.07, 6.45) is 9.88. The molecule has 3 aromatic heterocycles. The lowest BCUT2D eigenvalue weighted by molar-refractivity contribution is 0.278. The van der Waals surface area contributed by atoms with Crippen LogP contribution in [0.15, 0.2) is 36.7 Å². The van der Waals surface area contributed by atoms with E-state index in [0.29, 0.717) is 6.61 Å². The molecule has 1 aliphatic rings. The summed E-state index contributed by atoms with van der Waals surface area (Å²) in [5.74, 6) is 0.795. The molecule has 27 heavy (non-hydrogen) atoms. The molecule has 5 rings (SSSR count). The van der Waals surface area contributed by atoms with Gasteiger partial charge in [-0.05, 0) is 48.8 Å². The Morgan fingerprint density at radius 1 is 1.15 bits per heavy atom. The Kier molecular flexibility index (Phi) is 3.78. The van der Waals surface area contributed by atoms with Crippen molar-refractivity contribution in [1.82, 2.24) is 29.8 Å². The molecule has 0 atom stereocenters. The summed E-state index contributed by atoms with van der Waals surface area (Å²) in [7, 11) is 1.91. The molecule has 4 bridgehead atoms. The number of nitrogens with zero attached hydrogens (tertiary/aromatic N) is 5. The van der Waals surface area contributed by atoms with Gasteiger partial charge in [0, 0.05) is 25.2 Å². The van der Waals surface area contributed by atoms with Crippen molar-refractivity contribution in [2.75, 3.05) is 6.61 Å². The molecule has 7 heteroatoms. The Morgan fingerprint density at radius 2 is 2.11 bits per heavy atom. The molecule has 0 aliphatic carbocycles. The zero-order valence-corrected chi connectivity index (χ0v) is 15.1. The van der Waals surface area contributed by atoms with Gasteiger partial charge in [0.1, 0.15) is 0 Å². The average molecular weight is 360 g/mol. The second-order valence-corrected chi connectivity index (χ2v) is 6.75. The second-order valence-electron chi connectivity index (χ2n) is 6.75. The highest BCUT2D eigenvalue weighted by Gasteiger charge is 2.14. The lowest BCUT2D eigenvalue weighted by Crippen LogP contribution is -2.05. The van der Waals surface area contributed by atoms with Gasteiger partial charge in [0.2, 0.25) is 5.88 Å². The molecule has 0 unspecified atom stereocenters. The molecule has 0 amide bonds. The fraction of sp³-hybridized carbons (Fsp3) is 0.250. The van der Waals surface area contributed by atoms with E-state index in [0.717, 1.165) is 58.7 Å². The van der Waals surface area contributed by atoms with Gasteiger partial charge in [-0.3, -0.25) is 9.78 Å². The van der Waals surface area contributed by atoms with Gasteiger partial charge < -0.3 is 4.74 Å². The molecule has 1 N–H and O–H groups in total. The number of nitrogens with one attached hydrogen (secondary N) is 1. The molecule has 0 radical (unpaired) electrons. The first-order valence-electron chi connectivity index (χ1n) is 9.13. The third kappa shape index (κ3) is 2.91. The quantitative estimate of drug-likeness (QED) is 0.521. The maximum absolute atomic E-state index is 6.08. The molecule has 4 aromatic rings. The predicted molar refractivity (Wildman–Crippen MR) is 104 cm³/mol. The highest BCUT2D eigenvalue weighted by Crippen LogP contribution is 2.32. The van der Waals surface area contributed by atoms with E-state index in [1.807, 2.05) is 48.4 Å². The third-order valence-electron chi connectivity index (χ3n) is 4.88. The summed E-state index contributed by atoms with van der Waals surface area (Å²) in [6.45, 7) is 1.53. The van der Waals surface area contributed by atoms with Crippen LogP contribution in [0.1, 0.15) is 24.2 Å². The van der Waals surface area contributed by atoms with Gasteiger partial charge in [-0.25, -0.2) is 4.68 Å². The third-order valence-corrected chi connectivity index (χ3v) is 4.88. The van der Waals surface area contributed by atoms with Crippen molar-refractivity contribution in [3.05, 3.63) is 48.0 Å². The van der Waals surface area contributed by atoms with Crippen LogP contribution in [0, 0.1) is 0 Å². The first-order valence-corrected chi connectivity index (χ1v) is 9.13. The Balaban J connectivity index is 1.64. The number of hydrogen-bond donors (Lipinski definition) is 1. The van der Waals surface area contributed by atoms with Crippen molar-refractivity contribution < 1.29 is 4.74 Å². The molecule has 136 valence electrons. The first kappa shape index (κ1) is 15.9. The van der Waals surface area contributed by atoms with Gasteiger partial charge >= 0.3 is 0 Å². The molecule has 1 aromatic carbocycles. The number of aryl methyl sites for hydroxylation is 2. The van der Waals surface area contributed by atoms with E-state index in [9.17, 15) is 0 Å². The molecule has 0 saturated carbocycles. The lowest BCUT2D eigenvalue weighted by Gasteiger charge is -2.09. The van der Waals surface area contributed by atoms with Gasteiger partial charge in [0.05, 0.1) is 35.3 Å². The van der Waals surface area contributed by atoms with E-state index < -0.39 is 0 Å². The van der Waals surface area contributed by atoms with E-state index >= 15 is 0 Å². The van der Waals surface area contributed by atoms with Crippen molar-refractivity contribution in [2.24, 2.45) is 7.05 Å². The minimum absolute atomic E-state index is 0.653. The van der Waals surface area contributed by atoms with Gasteiger partial charge in [0.15, 0.2) is 0 Å². The van der Waals surface area contributed by atoms with Gasteiger partial charge in [0.25, 0.3) is 0 Å². The first-order chi connectivity index (χ1) is 13.3. The van der Waals surface area contributed by atoms with Crippen molar-refractivity contribution >= 4 is 23.1 Å². The van der Waals surface area contributed by atoms with E-state index in [4.69, 9.17) is 4.74 Å². The standard InChI is InChI=1S/C20H20N6O/c1-25-20-17(13-21-25)14-4-6-18-16(12-14)19(23-22-18)7-5-15-8-10-26(24-15)9-2-3-11-27-20/h4-8,10,12-13H,2-3,9,11H2,1H3,(H,22,23)/b7-5+. The summed E-state index contributed by atoms with van der Waals surface area (Å²) >= 11 is 0. The van der Waals surface area contributed by atoms with Crippen LogP contribution in [0.25, 0.3) is 34.2 Å². The largest absolute Gasteiger partial charge is 0.477 e. The average Bonchev–Trinajstić information content (AvgIpc) is 3.38. The van der Waals surface area contributed by atoms with Crippen molar-refractivity contribution in [3.63, 3.8) is 0 Å². The fourth-order valence-electron chi connectivity index (χ4n) is 3.42. The molecule has 7 nitrogen and oxygen atoms in total. The summed E-state index contributed by atoms with van der Waals surface area (Å²) in [5, 5.41) is 17.6. The van der Waals surface area contributed by atoms with Crippen LogP contribution in [0.2, 0.25) is 0 Å². The molecule has 0 saturated heterocycles. The Labute approximate surface area is 156 Å². The zero-order valence-electron chi connectivity index (χ0n) is 15.1. The van der Waals surface area contributed by atoms with Gasteiger partial charge in [-0.2, -0.15) is 15.3 Å². The zero-order chi connectivity index (χ0) is 18.2. The SMILES string of the molecule is Cn1ncc2c1OCCCCn1ccc(n1)/C=C/c1[nH]nc3ccc-2cc13. The van der Waals surface area contributed by atoms with E-state index in [1.165, 1.54) is 0 Å². The van der Waals surface area contributed by atoms with Gasteiger partial charge in [-0.15, -0.1) is 0 Å². The normalized spacial score (nSPS) is 15.6. The fourth-order valence-corrected chi connectivity index (χ4v) is 3.42. The Morgan fingerprint density at radius 3 is 3.07 bits per heavy atom. The van der Waals surface area contributed by atoms with Crippen molar-refractivity contribution in [3.8, 4) is 17.0 Å². The number of hydrogen-bond acceptors (Lipinski definition) is 4. The van der Waals surface area contributed by atoms with Crippen LogP contribution in [-0.4, -0.2) is 36.4 Å². The number of benzene rings is 1. The van der Waals surface area contributed by atoms with Crippen LogP contribution in [0.3, 0.4) is 0 Å². The smallest absolute Gasteiger partial charge is 0.219 e. The van der Waals surface area contributed by atoms with Crippen molar-refractivity contribution in [2.45, 2.75) is 19.4 Å². The highest BCUT2D eigenvalue weighted by atomic mass is 16.5. The maximum atomic E-state index is 6.08. The number of fused-ring (bicyclic) bond motifs is 5. The summed E-state index contributed by atoms with van der Waals surface area (Å²) in [5.41, 5.74) is 4.89. The van der Waals surface area contributed by atoms with Crippen LogP contribution >= 0.6 is 0 Å². The van der Waals surface area contributed by atoms with E-state index in [-0.39, 0.29) is 0 Å². The molecule has 1 aliphatic heterocycles. The highest BCUT2D eigenvalue weighted by molar-refractivity contribution is 5.92. The summed E-state index contributed by atoms with van der Waals surface area (Å²) in [6, 6.07) is 8.24. The molecular weight excluding hydrogens is 340 g/mol. The molecule has 0 fully saturated rings. The summed E-state index contributed by atoms with van der Waals surface area (Å²) < 4.78 is 9.84.